The summed E-state index contributed by atoms with van der Waals surface area (Å²) in [6, 6.07) is 26.4. The Labute approximate surface area is 219 Å². The molecule has 0 aliphatic carbocycles. The van der Waals surface area contributed by atoms with E-state index in [0.29, 0.717) is 20.6 Å². The van der Waals surface area contributed by atoms with Crippen LogP contribution in [0.3, 0.4) is 0 Å². The number of fused-ring (bicyclic) bond motifs is 1. The molecule has 1 aliphatic rings. The molecule has 0 N–H and O–H groups in total. The molecule has 174 valence electrons. The van der Waals surface area contributed by atoms with Gasteiger partial charge in [-0.1, -0.05) is 84.1 Å². The van der Waals surface area contributed by atoms with Crippen LogP contribution >= 0.6 is 33.9 Å². The normalized spacial score (nSPS) is 15.5. The molecule has 0 bridgehead atoms. The van der Waals surface area contributed by atoms with Gasteiger partial charge in [0.05, 0.1) is 28.5 Å². The number of carbonyl (C=O) groups is 1. The largest absolute Gasteiger partial charge is 0.463 e. The second-order valence-electron chi connectivity index (χ2n) is 7.90. The van der Waals surface area contributed by atoms with Crippen LogP contribution < -0.4 is 14.9 Å². The number of thiazole rings is 1. The molecule has 4 aromatic rings. The van der Waals surface area contributed by atoms with Gasteiger partial charge in [0.2, 0.25) is 0 Å². The van der Waals surface area contributed by atoms with Crippen molar-refractivity contribution in [1.82, 2.24) is 4.57 Å². The first-order chi connectivity index (χ1) is 17.1. The van der Waals surface area contributed by atoms with Crippen LogP contribution in [0.5, 0.6) is 0 Å². The van der Waals surface area contributed by atoms with Crippen molar-refractivity contribution in [2.45, 2.75) is 13.0 Å². The first-order valence-electron chi connectivity index (χ1n) is 11.2. The Morgan fingerprint density at radius 1 is 1.06 bits per heavy atom. The van der Waals surface area contributed by atoms with Crippen LogP contribution in [0.15, 0.2) is 100 Å². The number of halogens is 1. The second kappa shape index (κ2) is 10.1. The maximum atomic E-state index is 13.8. The highest BCUT2D eigenvalue weighted by Crippen LogP contribution is 2.35. The van der Waals surface area contributed by atoms with E-state index in [-0.39, 0.29) is 12.2 Å². The summed E-state index contributed by atoms with van der Waals surface area (Å²) >= 11 is 3.58. The van der Waals surface area contributed by atoms with Crippen molar-refractivity contribution in [2.24, 2.45) is 4.99 Å². The van der Waals surface area contributed by atoms with Crippen LogP contribution in [-0.4, -0.2) is 17.1 Å². The fourth-order valence-corrected chi connectivity index (χ4v) is 5.71. The lowest BCUT2D eigenvalue weighted by atomic mass is 9.93. The lowest BCUT2D eigenvalue weighted by Crippen LogP contribution is -2.39. The number of esters is 1. The Kier molecular flexibility index (Phi) is 6.79. The Morgan fingerprint density at radius 2 is 1.77 bits per heavy atom. The van der Waals surface area contributed by atoms with E-state index >= 15 is 0 Å². The molecule has 7 heteroatoms. The lowest BCUT2D eigenvalue weighted by molar-refractivity contribution is -0.138. The highest BCUT2D eigenvalue weighted by molar-refractivity contribution is 14.1. The quantitative estimate of drug-likeness (QED) is 0.253. The summed E-state index contributed by atoms with van der Waals surface area (Å²) in [5.74, 6) is -0.476. The van der Waals surface area contributed by atoms with Crippen molar-refractivity contribution in [3.05, 3.63) is 130 Å². The second-order valence-corrected chi connectivity index (χ2v) is 10.2. The maximum absolute atomic E-state index is 13.8. The molecule has 2 heterocycles. The first-order valence-corrected chi connectivity index (χ1v) is 13.1. The topological polar surface area (TPSA) is 60.7 Å². The molecule has 1 atom stereocenters. The van der Waals surface area contributed by atoms with Crippen molar-refractivity contribution in [1.29, 1.82) is 0 Å². The third kappa shape index (κ3) is 4.66. The van der Waals surface area contributed by atoms with Gasteiger partial charge in [0.25, 0.3) is 5.56 Å². The van der Waals surface area contributed by atoms with Crippen molar-refractivity contribution in [2.75, 3.05) is 6.61 Å². The average molecular weight is 592 g/mol. The highest BCUT2D eigenvalue weighted by Gasteiger charge is 2.35. The number of hydrogen-bond donors (Lipinski definition) is 0. The molecule has 5 rings (SSSR count). The molecule has 0 radical (unpaired) electrons. The number of aromatic nitrogens is 1. The van der Waals surface area contributed by atoms with E-state index in [0.717, 1.165) is 20.3 Å². The van der Waals surface area contributed by atoms with Crippen LogP contribution in [0.25, 0.3) is 11.8 Å². The average Bonchev–Trinajstić information content (AvgIpc) is 3.18. The number of carbonyl (C=O) groups excluding carboxylic acids is 1. The summed E-state index contributed by atoms with van der Waals surface area (Å²) < 4.78 is 8.75. The third-order valence-electron chi connectivity index (χ3n) is 5.64. The minimum absolute atomic E-state index is 0.185. The van der Waals surface area contributed by atoms with E-state index in [9.17, 15) is 9.59 Å². The van der Waals surface area contributed by atoms with Gasteiger partial charge in [-0.05, 0) is 58.9 Å². The molecule has 0 amide bonds. The molecule has 0 fully saturated rings. The molecule has 1 aromatic heterocycles. The van der Waals surface area contributed by atoms with Gasteiger partial charge in [0.1, 0.15) is 0 Å². The van der Waals surface area contributed by atoms with E-state index in [1.54, 1.807) is 11.5 Å². The van der Waals surface area contributed by atoms with E-state index in [1.165, 1.54) is 11.3 Å². The fourth-order valence-electron chi connectivity index (χ4n) is 4.14. The van der Waals surface area contributed by atoms with Crippen LogP contribution in [0.1, 0.15) is 29.7 Å². The maximum Gasteiger partial charge on any atom is 0.338 e. The van der Waals surface area contributed by atoms with Crippen LogP contribution in [0, 0.1) is 3.57 Å². The molecular formula is C28H21IN2O3S. The van der Waals surface area contributed by atoms with Gasteiger partial charge in [0, 0.05) is 9.13 Å². The number of ether oxygens (including phenoxy) is 1. The number of benzene rings is 3. The van der Waals surface area contributed by atoms with Crippen LogP contribution in [0.2, 0.25) is 0 Å². The van der Waals surface area contributed by atoms with Crippen LogP contribution in [-0.2, 0) is 9.53 Å². The lowest BCUT2D eigenvalue weighted by Gasteiger charge is -2.25. The zero-order valence-electron chi connectivity index (χ0n) is 18.9. The number of hydrogen-bond acceptors (Lipinski definition) is 5. The third-order valence-corrected chi connectivity index (χ3v) is 7.29. The minimum atomic E-state index is -0.653. The molecule has 0 saturated heterocycles. The van der Waals surface area contributed by atoms with Crippen molar-refractivity contribution in [3.63, 3.8) is 0 Å². The van der Waals surface area contributed by atoms with E-state index in [1.807, 2.05) is 91.0 Å². The molecule has 1 aliphatic heterocycles. The predicted octanol–water partition coefficient (Wildman–Crippen LogP) is 4.54. The Morgan fingerprint density at radius 3 is 2.46 bits per heavy atom. The van der Waals surface area contributed by atoms with Gasteiger partial charge in [-0.2, -0.15) is 0 Å². The molecular weight excluding hydrogens is 571 g/mol. The van der Waals surface area contributed by atoms with Crippen molar-refractivity contribution < 1.29 is 9.53 Å². The van der Waals surface area contributed by atoms with Gasteiger partial charge in [-0.25, -0.2) is 9.79 Å². The number of nitrogens with zero attached hydrogens (tertiary/aromatic N) is 2. The Bertz CT molecular complexity index is 1610. The van der Waals surface area contributed by atoms with Gasteiger partial charge >= 0.3 is 5.97 Å². The number of rotatable bonds is 5. The molecule has 5 nitrogen and oxygen atoms in total. The zero-order chi connectivity index (χ0) is 24.4. The van der Waals surface area contributed by atoms with Gasteiger partial charge in [-0.3, -0.25) is 9.36 Å². The summed E-state index contributed by atoms with van der Waals surface area (Å²) in [7, 11) is 0. The summed E-state index contributed by atoms with van der Waals surface area (Å²) in [6.07, 6.45) is 1.88. The molecule has 35 heavy (non-hydrogen) atoms. The van der Waals surface area contributed by atoms with Gasteiger partial charge in [0.15, 0.2) is 4.80 Å². The van der Waals surface area contributed by atoms with Crippen LogP contribution in [0.4, 0.5) is 0 Å². The summed E-state index contributed by atoms with van der Waals surface area (Å²) in [5, 5.41) is 0. The fraction of sp³-hybridized carbons (Fsp3) is 0.107. The first kappa shape index (κ1) is 23.4. The monoisotopic (exact) mass is 592 g/mol. The van der Waals surface area contributed by atoms with Gasteiger partial charge < -0.3 is 4.74 Å². The van der Waals surface area contributed by atoms with E-state index in [4.69, 9.17) is 9.73 Å². The molecule has 0 saturated carbocycles. The smallest absolute Gasteiger partial charge is 0.338 e. The Hall–Kier alpha value is -3.30. The summed E-state index contributed by atoms with van der Waals surface area (Å²) in [5.41, 5.74) is 3.26. The molecule has 0 spiro atoms. The summed E-state index contributed by atoms with van der Waals surface area (Å²) in [4.78, 5) is 32.5. The summed E-state index contributed by atoms with van der Waals surface area (Å²) in [6.45, 7) is 2.00. The standard InChI is InChI=1S/C28H21IN2O3S/c1-2-34-27(33)23-24(19-11-5-3-6-12-19)30-28-31(25(23)20-13-7-4-8-14-20)26(32)22(35-28)17-18-10-9-15-21(29)16-18/h3-17,25H,2H2,1H3/b22-17+/t25-/m0/s1. The van der Waals surface area contributed by atoms with Crippen molar-refractivity contribution in [3.8, 4) is 0 Å². The van der Waals surface area contributed by atoms with E-state index in [2.05, 4.69) is 22.6 Å². The molecule has 0 unspecified atom stereocenters. The highest BCUT2D eigenvalue weighted by atomic mass is 127. The van der Waals surface area contributed by atoms with E-state index < -0.39 is 12.0 Å². The Balaban J connectivity index is 1.83. The molecule has 3 aromatic carbocycles. The SMILES string of the molecule is CCOC(=O)C1=C(c2ccccc2)N=c2s/c(=C/c3cccc(I)c3)c(=O)n2[C@H]1c1ccccc1. The minimum Gasteiger partial charge on any atom is -0.463 e. The van der Waals surface area contributed by atoms with Crippen molar-refractivity contribution >= 4 is 51.7 Å². The zero-order valence-corrected chi connectivity index (χ0v) is 21.8. The van der Waals surface area contributed by atoms with Gasteiger partial charge in [-0.15, -0.1) is 0 Å². The predicted molar refractivity (Wildman–Crippen MR) is 147 cm³/mol.